The zero-order chi connectivity index (χ0) is 13.6. The lowest BCUT2D eigenvalue weighted by Gasteiger charge is -2.28. The second kappa shape index (κ2) is 4.67. The van der Waals surface area contributed by atoms with Gasteiger partial charge in [0, 0.05) is 24.2 Å². The fourth-order valence-electron chi connectivity index (χ4n) is 3.10. The number of amides is 1. The average molecular weight is 262 g/mol. The van der Waals surface area contributed by atoms with Crippen LogP contribution in [0.25, 0.3) is 0 Å². The van der Waals surface area contributed by atoms with Crippen molar-refractivity contribution in [1.82, 2.24) is 10.2 Å². The molecule has 1 atom stereocenters. The summed E-state index contributed by atoms with van der Waals surface area (Å²) < 4.78 is 5.62. The van der Waals surface area contributed by atoms with E-state index >= 15 is 0 Å². The number of carbonyl (C=O) groups excluding carboxylic acids is 1. The van der Waals surface area contributed by atoms with Crippen LogP contribution in [0.5, 0.6) is 0 Å². The molecule has 0 aromatic carbocycles. The molecule has 1 aromatic rings. The van der Waals surface area contributed by atoms with E-state index < -0.39 is 0 Å². The molecular weight excluding hydrogens is 240 g/mol. The smallest absolute Gasteiger partial charge is 0.258 e. The van der Waals surface area contributed by atoms with E-state index in [9.17, 15) is 4.79 Å². The van der Waals surface area contributed by atoms with E-state index in [4.69, 9.17) is 4.42 Å². The van der Waals surface area contributed by atoms with Crippen LogP contribution in [0.2, 0.25) is 0 Å². The van der Waals surface area contributed by atoms with Crippen molar-refractivity contribution in [3.05, 3.63) is 22.6 Å². The maximum atomic E-state index is 12.9. The third-order valence-electron chi connectivity index (χ3n) is 4.38. The van der Waals surface area contributed by atoms with Gasteiger partial charge in [-0.1, -0.05) is 0 Å². The van der Waals surface area contributed by atoms with Crippen LogP contribution in [0.15, 0.2) is 4.42 Å². The molecule has 2 heterocycles. The van der Waals surface area contributed by atoms with Crippen LogP contribution >= 0.6 is 0 Å². The van der Waals surface area contributed by atoms with Crippen LogP contribution < -0.4 is 5.32 Å². The lowest BCUT2D eigenvalue weighted by molar-refractivity contribution is 0.0673. The van der Waals surface area contributed by atoms with Gasteiger partial charge in [0.05, 0.1) is 5.56 Å². The lowest BCUT2D eigenvalue weighted by atomic mass is 10.1. The van der Waals surface area contributed by atoms with Gasteiger partial charge in [-0.15, -0.1) is 0 Å². The molecular formula is C15H22N2O2. The van der Waals surface area contributed by atoms with Gasteiger partial charge in [-0.05, 0) is 46.6 Å². The Kier molecular flexibility index (Phi) is 3.13. The van der Waals surface area contributed by atoms with E-state index in [-0.39, 0.29) is 5.91 Å². The van der Waals surface area contributed by atoms with Gasteiger partial charge in [-0.25, -0.2) is 0 Å². The highest BCUT2D eigenvalue weighted by molar-refractivity contribution is 5.97. The Morgan fingerprint density at radius 2 is 1.89 bits per heavy atom. The third-order valence-corrected chi connectivity index (χ3v) is 4.38. The predicted octanol–water partition coefficient (Wildman–Crippen LogP) is 2.17. The van der Waals surface area contributed by atoms with Crippen LogP contribution in [0, 0.1) is 20.8 Å². The largest absolute Gasteiger partial charge is 0.466 e. The van der Waals surface area contributed by atoms with E-state index in [1.807, 2.05) is 20.8 Å². The summed E-state index contributed by atoms with van der Waals surface area (Å²) in [4.78, 5) is 15.0. The van der Waals surface area contributed by atoms with Gasteiger partial charge < -0.3 is 14.6 Å². The number of furan rings is 1. The topological polar surface area (TPSA) is 45.5 Å². The summed E-state index contributed by atoms with van der Waals surface area (Å²) in [5.74, 6) is 1.79. The molecule has 1 aromatic heterocycles. The van der Waals surface area contributed by atoms with Crippen molar-refractivity contribution in [2.24, 2.45) is 0 Å². The summed E-state index contributed by atoms with van der Waals surface area (Å²) in [5, 5.41) is 3.36. The van der Waals surface area contributed by atoms with Gasteiger partial charge in [0.1, 0.15) is 11.5 Å². The van der Waals surface area contributed by atoms with Gasteiger partial charge in [0.15, 0.2) is 0 Å². The minimum Gasteiger partial charge on any atom is -0.466 e. The maximum Gasteiger partial charge on any atom is 0.258 e. The van der Waals surface area contributed by atoms with Crippen molar-refractivity contribution in [2.75, 3.05) is 13.1 Å². The fraction of sp³-hybridized carbons (Fsp3) is 0.667. The molecule has 4 heteroatoms. The van der Waals surface area contributed by atoms with Crippen molar-refractivity contribution in [3.8, 4) is 0 Å². The molecule has 0 spiro atoms. The van der Waals surface area contributed by atoms with Crippen molar-refractivity contribution >= 4 is 5.91 Å². The minimum atomic E-state index is 0.169. The van der Waals surface area contributed by atoms with E-state index in [0.29, 0.717) is 12.1 Å². The second-order valence-electron chi connectivity index (χ2n) is 5.80. The van der Waals surface area contributed by atoms with E-state index in [0.717, 1.165) is 55.0 Å². The summed E-state index contributed by atoms with van der Waals surface area (Å²) in [5.41, 5.74) is 1.79. The first-order chi connectivity index (χ1) is 9.09. The molecule has 1 saturated carbocycles. The molecule has 1 amide bonds. The Morgan fingerprint density at radius 3 is 2.37 bits per heavy atom. The normalized spacial score (nSPS) is 22.8. The molecule has 1 N–H and O–H groups in total. The van der Waals surface area contributed by atoms with Gasteiger partial charge in [-0.2, -0.15) is 0 Å². The Bertz CT molecular complexity index is 496. The number of hydrogen-bond donors (Lipinski definition) is 1. The molecule has 1 aliphatic heterocycles. The highest BCUT2D eigenvalue weighted by Crippen LogP contribution is 2.33. The summed E-state index contributed by atoms with van der Waals surface area (Å²) >= 11 is 0. The lowest BCUT2D eigenvalue weighted by Crippen LogP contribution is -2.43. The van der Waals surface area contributed by atoms with Crippen molar-refractivity contribution in [1.29, 1.82) is 0 Å². The predicted molar refractivity (Wildman–Crippen MR) is 73.4 cm³/mol. The quantitative estimate of drug-likeness (QED) is 0.908. The molecule has 0 radical (unpaired) electrons. The third kappa shape index (κ3) is 2.18. The molecule has 1 aliphatic carbocycles. The average Bonchev–Trinajstić information content (AvgIpc) is 2.96. The molecule has 3 rings (SSSR count). The zero-order valence-corrected chi connectivity index (χ0v) is 12.0. The van der Waals surface area contributed by atoms with Crippen LogP contribution in [0.3, 0.4) is 0 Å². The molecule has 1 unspecified atom stereocenters. The first-order valence-corrected chi connectivity index (χ1v) is 7.19. The first-order valence-electron chi connectivity index (χ1n) is 7.19. The highest BCUT2D eigenvalue weighted by Gasteiger charge is 2.40. The standard InChI is InChI=1S/C15H22N2O2/c1-9-10(2)19-11(3)14(9)15(18)17(12-4-5-12)13-6-7-16-8-13/h12-13,16H,4-8H2,1-3H3. The van der Waals surface area contributed by atoms with Gasteiger partial charge >= 0.3 is 0 Å². The van der Waals surface area contributed by atoms with E-state index in [2.05, 4.69) is 10.2 Å². The number of carbonyl (C=O) groups is 1. The van der Waals surface area contributed by atoms with Crippen molar-refractivity contribution in [3.63, 3.8) is 0 Å². The molecule has 2 fully saturated rings. The monoisotopic (exact) mass is 262 g/mol. The Morgan fingerprint density at radius 1 is 1.16 bits per heavy atom. The van der Waals surface area contributed by atoms with Gasteiger partial charge in [-0.3, -0.25) is 4.79 Å². The Hall–Kier alpha value is -1.29. The Balaban J connectivity index is 1.91. The van der Waals surface area contributed by atoms with Gasteiger partial charge in [0.25, 0.3) is 5.91 Å². The SMILES string of the molecule is Cc1oc(C)c(C(=O)N(C2CC2)C2CCNC2)c1C. The maximum absolute atomic E-state index is 12.9. The molecule has 4 nitrogen and oxygen atoms in total. The number of nitrogens with zero attached hydrogens (tertiary/aromatic N) is 1. The summed E-state index contributed by atoms with van der Waals surface area (Å²) in [7, 11) is 0. The van der Waals surface area contributed by atoms with E-state index in [1.54, 1.807) is 0 Å². The van der Waals surface area contributed by atoms with E-state index in [1.165, 1.54) is 0 Å². The van der Waals surface area contributed by atoms with Crippen LogP contribution in [-0.4, -0.2) is 36.0 Å². The summed E-state index contributed by atoms with van der Waals surface area (Å²) in [6.45, 7) is 7.75. The number of rotatable bonds is 3. The highest BCUT2D eigenvalue weighted by atomic mass is 16.3. The van der Waals surface area contributed by atoms with Crippen LogP contribution in [0.1, 0.15) is 46.7 Å². The molecule has 104 valence electrons. The summed E-state index contributed by atoms with van der Waals surface area (Å²) in [6.07, 6.45) is 3.37. The van der Waals surface area contributed by atoms with Crippen LogP contribution in [-0.2, 0) is 0 Å². The van der Waals surface area contributed by atoms with Crippen molar-refractivity contribution in [2.45, 2.75) is 52.1 Å². The van der Waals surface area contributed by atoms with Crippen molar-refractivity contribution < 1.29 is 9.21 Å². The number of aryl methyl sites for hydroxylation is 2. The Labute approximate surface area is 114 Å². The van der Waals surface area contributed by atoms with Gasteiger partial charge in [0.2, 0.25) is 0 Å². The second-order valence-corrected chi connectivity index (χ2v) is 5.80. The molecule has 0 bridgehead atoms. The zero-order valence-electron chi connectivity index (χ0n) is 12.0. The summed E-state index contributed by atoms with van der Waals surface area (Å²) in [6, 6.07) is 0.806. The molecule has 19 heavy (non-hydrogen) atoms. The first kappa shape index (κ1) is 12.7. The van der Waals surface area contributed by atoms with Crippen LogP contribution in [0.4, 0.5) is 0 Å². The molecule has 2 aliphatic rings. The fourth-order valence-corrected chi connectivity index (χ4v) is 3.10. The minimum absolute atomic E-state index is 0.169. The number of hydrogen-bond acceptors (Lipinski definition) is 3. The molecule has 1 saturated heterocycles. The number of nitrogens with one attached hydrogen (secondary N) is 1.